The van der Waals surface area contributed by atoms with Crippen LogP contribution in [0, 0.1) is 0 Å². The Morgan fingerprint density at radius 3 is 3.06 bits per heavy atom. The van der Waals surface area contributed by atoms with Gasteiger partial charge in [-0.3, -0.25) is 4.68 Å². The van der Waals surface area contributed by atoms with E-state index in [1.807, 2.05) is 11.4 Å². The van der Waals surface area contributed by atoms with E-state index in [2.05, 4.69) is 21.0 Å². The third-order valence-electron chi connectivity index (χ3n) is 2.46. The summed E-state index contributed by atoms with van der Waals surface area (Å²) in [5, 5.41) is 16.9. The SMILES string of the molecule is COCCn1ncc(Cl)c1C(O)c1cc(Br)cs1. The van der Waals surface area contributed by atoms with Gasteiger partial charge < -0.3 is 9.84 Å². The van der Waals surface area contributed by atoms with E-state index >= 15 is 0 Å². The van der Waals surface area contributed by atoms with Crippen molar-refractivity contribution >= 4 is 38.9 Å². The van der Waals surface area contributed by atoms with Crippen molar-refractivity contribution in [3.63, 3.8) is 0 Å². The highest BCUT2D eigenvalue weighted by Crippen LogP contribution is 2.33. The fraction of sp³-hybridized carbons (Fsp3) is 0.364. The van der Waals surface area contributed by atoms with Crippen molar-refractivity contribution in [3.05, 3.63) is 37.7 Å². The first kappa shape index (κ1) is 14.0. The molecule has 2 aromatic rings. The van der Waals surface area contributed by atoms with Crippen molar-refractivity contribution in [3.8, 4) is 0 Å². The number of hydrogen-bond donors (Lipinski definition) is 1. The van der Waals surface area contributed by atoms with E-state index in [0.29, 0.717) is 23.9 Å². The molecule has 7 heteroatoms. The Hall–Kier alpha value is -0.400. The molecule has 0 fully saturated rings. The van der Waals surface area contributed by atoms with E-state index in [1.54, 1.807) is 18.0 Å². The van der Waals surface area contributed by atoms with Crippen molar-refractivity contribution in [2.75, 3.05) is 13.7 Å². The quantitative estimate of drug-likeness (QED) is 0.900. The maximum atomic E-state index is 10.4. The van der Waals surface area contributed by atoms with Crippen molar-refractivity contribution in [1.82, 2.24) is 9.78 Å². The molecular weight excluding hydrogens is 340 g/mol. The van der Waals surface area contributed by atoms with Gasteiger partial charge in [-0.2, -0.15) is 5.10 Å². The van der Waals surface area contributed by atoms with Gasteiger partial charge in [0.15, 0.2) is 0 Å². The van der Waals surface area contributed by atoms with Gasteiger partial charge in [-0.15, -0.1) is 11.3 Å². The predicted octanol–water partition coefficient (Wildman–Crippen LogP) is 3.09. The van der Waals surface area contributed by atoms with Crippen LogP contribution >= 0.6 is 38.9 Å². The molecule has 1 N–H and O–H groups in total. The molecule has 0 aliphatic rings. The second-order valence-electron chi connectivity index (χ2n) is 3.66. The minimum Gasteiger partial charge on any atom is -0.383 e. The highest BCUT2D eigenvalue weighted by molar-refractivity contribution is 9.10. The Labute approximate surface area is 122 Å². The van der Waals surface area contributed by atoms with Crippen LogP contribution in [0.4, 0.5) is 0 Å². The van der Waals surface area contributed by atoms with Crippen molar-refractivity contribution in [2.45, 2.75) is 12.6 Å². The van der Waals surface area contributed by atoms with Gasteiger partial charge in [0.05, 0.1) is 30.1 Å². The third-order valence-corrected chi connectivity index (χ3v) is 4.49. The summed E-state index contributed by atoms with van der Waals surface area (Å²) in [6.45, 7) is 1.08. The zero-order valence-corrected chi connectivity index (χ0v) is 12.8. The second-order valence-corrected chi connectivity index (χ2v) is 5.93. The molecule has 1 atom stereocenters. The number of aliphatic hydroxyl groups is 1. The van der Waals surface area contributed by atoms with Crippen LogP contribution in [0.25, 0.3) is 0 Å². The molecule has 0 saturated carbocycles. The maximum absolute atomic E-state index is 10.4. The van der Waals surface area contributed by atoms with Crippen LogP contribution in [0.5, 0.6) is 0 Å². The smallest absolute Gasteiger partial charge is 0.131 e. The van der Waals surface area contributed by atoms with Crippen LogP contribution in [0.15, 0.2) is 22.1 Å². The molecule has 0 saturated heterocycles. The van der Waals surface area contributed by atoms with Crippen LogP contribution in [0.3, 0.4) is 0 Å². The second kappa shape index (κ2) is 6.16. The van der Waals surface area contributed by atoms with Gasteiger partial charge in [-0.05, 0) is 22.0 Å². The van der Waals surface area contributed by atoms with Gasteiger partial charge in [0.1, 0.15) is 6.10 Å². The number of aromatic nitrogens is 2. The lowest BCUT2D eigenvalue weighted by atomic mass is 10.2. The average Bonchev–Trinajstić information content (AvgIpc) is 2.92. The maximum Gasteiger partial charge on any atom is 0.131 e. The topological polar surface area (TPSA) is 47.3 Å². The third kappa shape index (κ3) is 2.95. The molecular formula is C11H12BrClN2O2S. The lowest BCUT2D eigenvalue weighted by Gasteiger charge is -2.12. The molecule has 0 amide bonds. The Morgan fingerprint density at radius 1 is 1.67 bits per heavy atom. The van der Waals surface area contributed by atoms with Gasteiger partial charge in [0.25, 0.3) is 0 Å². The number of ether oxygens (including phenoxy) is 1. The Kier molecular flexibility index (Phi) is 4.80. The molecule has 0 aliphatic heterocycles. The molecule has 18 heavy (non-hydrogen) atoms. The largest absolute Gasteiger partial charge is 0.383 e. The first-order valence-corrected chi connectivity index (χ1v) is 7.30. The number of halogens is 2. The zero-order chi connectivity index (χ0) is 13.1. The van der Waals surface area contributed by atoms with Crippen molar-refractivity contribution in [2.24, 2.45) is 0 Å². The molecule has 98 valence electrons. The Morgan fingerprint density at radius 2 is 2.44 bits per heavy atom. The monoisotopic (exact) mass is 350 g/mol. The van der Waals surface area contributed by atoms with Gasteiger partial charge in [0, 0.05) is 21.8 Å². The summed E-state index contributed by atoms with van der Waals surface area (Å²) in [5.41, 5.74) is 0.600. The Balaban J connectivity index is 2.28. The van der Waals surface area contributed by atoms with Crippen LogP contribution in [0.2, 0.25) is 5.02 Å². The molecule has 0 aromatic carbocycles. The molecule has 4 nitrogen and oxygen atoms in total. The molecule has 0 bridgehead atoms. The fourth-order valence-corrected chi connectivity index (χ4v) is 3.28. The molecule has 2 rings (SSSR count). The number of aliphatic hydroxyl groups excluding tert-OH is 1. The summed E-state index contributed by atoms with van der Waals surface area (Å²) in [7, 11) is 1.62. The lowest BCUT2D eigenvalue weighted by Crippen LogP contribution is -2.13. The zero-order valence-electron chi connectivity index (χ0n) is 9.64. The van der Waals surface area contributed by atoms with Gasteiger partial charge in [-0.1, -0.05) is 11.6 Å². The molecule has 1 unspecified atom stereocenters. The summed E-state index contributed by atoms with van der Waals surface area (Å²) in [4.78, 5) is 0.822. The minimum atomic E-state index is -0.770. The van der Waals surface area contributed by atoms with Crippen LogP contribution in [-0.4, -0.2) is 28.6 Å². The van der Waals surface area contributed by atoms with Crippen molar-refractivity contribution < 1.29 is 9.84 Å². The molecule has 0 spiro atoms. The molecule has 0 aliphatic carbocycles. The van der Waals surface area contributed by atoms with Gasteiger partial charge in [-0.25, -0.2) is 0 Å². The van der Waals surface area contributed by atoms with E-state index in [0.717, 1.165) is 9.35 Å². The van der Waals surface area contributed by atoms with E-state index in [1.165, 1.54) is 11.3 Å². The predicted molar refractivity (Wildman–Crippen MR) is 75.2 cm³/mol. The fourth-order valence-electron chi connectivity index (χ4n) is 1.61. The Bertz CT molecular complexity index is 529. The van der Waals surface area contributed by atoms with E-state index < -0.39 is 6.10 Å². The highest BCUT2D eigenvalue weighted by atomic mass is 79.9. The van der Waals surface area contributed by atoms with E-state index in [4.69, 9.17) is 16.3 Å². The first-order valence-electron chi connectivity index (χ1n) is 5.25. The van der Waals surface area contributed by atoms with E-state index in [9.17, 15) is 5.11 Å². The molecule has 0 radical (unpaired) electrons. The van der Waals surface area contributed by atoms with Crippen molar-refractivity contribution in [1.29, 1.82) is 0 Å². The standard InChI is InChI=1S/C11H12BrClN2O2S/c1-17-3-2-15-10(8(13)5-14-15)11(16)9-4-7(12)6-18-9/h4-6,11,16H,2-3H2,1H3. The first-order chi connectivity index (χ1) is 8.63. The number of rotatable bonds is 5. The van der Waals surface area contributed by atoms with Crippen LogP contribution in [-0.2, 0) is 11.3 Å². The van der Waals surface area contributed by atoms with Crippen LogP contribution < -0.4 is 0 Å². The lowest BCUT2D eigenvalue weighted by molar-refractivity contribution is 0.172. The highest BCUT2D eigenvalue weighted by Gasteiger charge is 2.21. The number of methoxy groups -OCH3 is 1. The van der Waals surface area contributed by atoms with Crippen LogP contribution in [0.1, 0.15) is 16.7 Å². The minimum absolute atomic E-state index is 0.461. The normalized spacial score (nSPS) is 12.9. The molecule has 2 aromatic heterocycles. The summed E-state index contributed by atoms with van der Waals surface area (Å²) in [5.74, 6) is 0. The summed E-state index contributed by atoms with van der Waals surface area (Å²) in [6, 6.07) is 1.87. The number of thiophene rings is 1. The number of nitrogens with zero attached hydrogens (tertiary/aromatic N) is 2. The summed E-state index contributed by atoms with van der Waals surface area (Å²) >= 11 is 10.9. The van der Waals surface area contributed by atoms with E-state index in [-0.39, 0.29) is 0 Å². The van der Waals surface area contributed by atoms with Gasteiger partial charge in [0.2, 0.25) is 0 Å². The summed E-state index contributed by atoms with van der Waals surface area (Å²) in [6.07, 6.45) is 0.770. The average molecular weight is 352 g/mol. The summed E-state index contributed by atoms with van der Waals surface area (Å²) < 4.78 is 7.62. The number of hydrogen-bond acceptors (Lipinski definition) is 4. The molecule has 2 heterocycles. The van der Waals surface area contributed by atoms with Gasteiger partial charge >= 0.3 is 0 Å².